The smallest absolute Gasteiger partial charge is 0.262 e. The van der Waals surface area contributed by atoms with Gasteiger partial charge in [-0.3, -0.25) is 4.79 Å². The highest BCUT2D eigenvalue weighted by Gasteiger charge is 2.35. The Balaban J connectivity index is 1.43. The lowest BCUT2D eigenvalue weighted by Gasteiger charge is -2.39. The highest BCUT2D eigenvalue weighted by atomic mass is 35.5. The molecule has 0 unspecified atom stereocenters. The Morgan fingerprint density at radius 2 is 1.78 bits per heavy atom. The molecule has 0 aromatic heterocycles. The maximum Gasteiger partial charge on any atom is 0.262 e. The van der Waals surface area contributed by atoms with E-state index in [1.54, 1.807) is 6.07 Å². The first-order valence-electron chi connectivity index (χ1n) is 12.4. The van der Waals surface area contributed by atoms with Gasteiger partial charge >= 0.3 is 0 Å². The molecule has 0 radical (unpaired) electrons. The van der Waals surface area contributed by atoms with Crippen LogP contribution in [-0.2, 0) is 9.53 Å². The Kier molecular flexibility index (Phi) is 8.61. The number of carbonyl (C=O) groups excluding carboxylic acids is 1. The molecule has 190 valence electrons. The fourth-order valence-electron chi connectivity index (χ4n) is 5.00. The van der Waals surface area contributed by atoms with E-state index in [1.165, 1.54) is 0 Å². The molecule has 0 bridgehead atoms. The van der Waals surface area contributed by atoms with Gasteiger partial charge < -0.3 is 14.8 Å². The number of hydrogen-bond donors (Lipinski definition) is 1. The van der Waals surface area contributed by atoms with Gasteiger partial charge in [-0.15, -0.1) is 0 Å². The third kappa shape index (κ3) is 6.23. The molecule has 1 amide bonds. The zero-order chi connectivity index (χ0) is 25.8. The van der Waals surface area contributed by atoms with Gasteiger partial charge in [0.2, 0.25) is 0 Å². The fraction of sp³-hybridized carbons (Fsp3) is 0.367. The molecule has 1 aliphatic rings. The molecule has 1 heterocycles. The molecule has 3 aromatic carbocycles. The summed E-state index contributed by atoms with van der Waals surface area (Å²) in [5.74, 6) is 1.40. The molecule has 3 aromatic rings. The van der Waals surface area contributed by atoms with E-state index in [4.69, 9.17) is 32.7 Å². The standard InChI is InChI=1S/C30H33Cl2NO3/c1-18(2)26-14-22(25-12-11-23(31)15-27(25)32)16-36-30(26)21-9-6-10-24(13-21)35-17-28(34)33-29-19(3)7-5-8-20(29)4/h5-13,15,18,22,26,30H,14,16-17H2,1-4H3,(H,33,34)/t22-,26-,30-/m0/s1. The van der Waals surface area contributed by atoms with E-state index in [0.717, 1.165) is 34.4 Å². The van der Waals surface area contributed by atoms with Gasteiger partial charge in [-0.1, -0.05) is 73.4 Å². The summed E-state index contributed by atoms with van der Waals surface area (Å²) in [6.07, 6.45) is 0.909. The maximum absolute atomic E-state index is 12.6. The molecule has 0 aliphatic carbocycles. The van der Waals surface area contributed by atoms with Crippen LogP contribution in [0, 0.1) is 25.7 Å². The Hall–Kier alpha value is -2.53. The summed E-state index contributed by atoms with van der Waals surface area (Å²) in [6, 6.07) is 19.5. The van der Waals surface area contributed by atoms with Crippen LogP contribution in [0.25, 0.3) is 0 Å². The van der Waals surface area contributed by atoms with E-state index in [9.17, 15) is 4.79 Å². The van der Waals surface area contributed by atoms with Gasteiger partial charge in [-0.25, -0.2) is 0 Å². The van der Waals surface area contributed by atoms with Gasteiger partial charge in [-0.2, -0.15) is 0 Å². The molecule has 1 saturated heterocycles. The van der Waals surface area contributed by atoms with Crippen LogP contribution in [0.15, 0.2) is 60.7 Å². The van der Waals surface area contributed by atoms with Crippen molar-refractivity contribution in [1.82, 2.24) is 0 Å². The fourth-order valence-corrected chi connectivity index (χ4v) is 5.56. The second-order valence-corrected chi connectivity index (χ2v) is 10.8. The van der Waals surface area contributed by atoms with Crippen LogP contribution in [0.5, 0.6) is 5.75 Å². The van der Waals surface area contributed by atoms with Crippen LogP contribution in [-0.4, -0.2) is 19.1 Å². The zero-order valence-electron chi connectivity index (χ0n) is 21.2. The summed E-state index contributed by atoms with van der Waals surface area (Å²) in [6.45, 7) is 8.93. The van der Waals surface area contributed by atoms with E-state index in [0.29, 0.717) is 34.2 Å². The number of amides is 1. The number of nitrogens with one attached hydrogen (secondary N) is 1. The average Bonchev–Trinajstić information content (AvgIpc) is 2.85. The zero-order valence-corrected chi connectivity index (χ0v) is 22.7. The average molecular weight is 527 g/mol. The van der Waals surface area contributed by atoms with Crippen LogP contribution in [0.2, 0.25) is 10.0 Å². The van der Waals surface area contributed by atoms with Crippen LogP contribution in [0.3, 0.4) is 0 Å². The highest BCUT2D eigenvalue weighted by Crippen LogP contribution is 2.45. The van der Waals surface area contributed by atoms with Gasteiger partial charge in [0.25, 0.3) is 5.91 Å². The predicted octanol–water partition coefficient (Wildman–Crippen LogP) is 8.15. The molecular formula is C30H33Cl2NO3. The second-order valence-electron chi connectivity index (χ2n) is 9.94. The molecule has 1 fully saturated rings. The van der Waals surface area contributed by atoms with Crippen molar-refractivity contribution >= 4 is 34.8 Å². The number of hydrogen-bond acceptors (Lipinski definition) is 3. The predicted molar refractivity (Wildman–Crippen MR) is 147 cm³/mol. The molecule has 36 heavy (non-hydrogen) atoms. The van der Waals surface area contributed by atoms with Crippen molar-refractivity contribution in [2.45, 2.75) is 46.1 Å². The quantitative estimate of drug-likeness (QED) is 0.338. The molecular weight excluding hydrogens is 493 g/mol. The SMILES string of the molecule is Cc1cccc(C)c1NC(=O)COc1cccc([C@@H]2OC[C@@H](c3ccc(Cl)cc3Cl)C[C@H]2C(C)C)c1. The lowest BCUT2D eigenvalue weighted by Crippen LogP contribution is -2.31. The van der Waals surface area contributed by atoms with Crippen molar-refractivity contribution in [3.05, 3.63) is 93.0 Å². The summed E-state index contributed by atoms with van der Waals surface area (Å²) in [5.41, 5.74) is 5.03. The van der Waals surface area contributed by atoms with E-state index < -0.39 is 0 Å². The van der Waals surface area contributed by atoms with E-state index in [2.05, 4.69) is 25.2 Å². The van der Waals surface area contributed by atoms with Crippen molar-refractivity contribution < 1.29 is 14.3 Å². The maximum atomic E-state index is 12.6. The Labute approximate surface area is 223 Å². The van der Waals surface area contributed by atoms with Crippen LogP contribution >= 0.6 is 23.2 Å². The van der Waals surface area contributed by atoms with Gasteiger partial charge in [0.05, 0.1) is 12.7 Å². The summed E-state index contributed by atoms with van der Waals surface area (Å²) in [7, 11) is 0. The largest absolute Gasteiger partial charge is 0.484 e. The Morgan fingerprint density at radius 1 is 1.06 bits per heavy atom. The minimum atomic E-state index is -0.186. The molecule has 4 rings (SSSR count). The number of carbonyl (C=O) groups is 1. The lowest BCUT2D eigenvalue weighted by molar-refractivity contribution is -0.118. The molecule has 1 aliphatic heterocycles. The molecule has 6 heteroatoms. The summed E-state index contributed by atoms with van der Waals surface area (Å²) in [5, 5.41) is 4.29. The van der Waals surface area contributed by atoms with E-state index in [-0.39, 0.29) is 24.5 Å². The van der Waals surface area contributed by atoms with Gasteiger partial charge in [-0.05, 0) is 78.6 Å². The number of anilines is 1. The minimum Gasteiger partial charge on any atom is -0.484 e. The molecule has 0 saturated carbocycles. The van der Waals surface area contributed by atoms with Gasteiger partial charge in [0.15, 0.2) is 6.61 Å². The first kappa shape index (κ1) is 26.5. The molecule has 4 nitrogen and oxygen atoms in total. The first-order chi connectivity index (χ1) is 17.2. The number of aryl methyl sites for hydroxylation is 2. The third-order valence-electron chi connectivity index (χ3n) is 6.98. The molecule has 0 spiro atoms. The van der Waals surface area contributed by atoms with Gasteiger partial charge in [0, 0.05) is 21.7 Å². The number of benzene rings is 3. The van der Waals surface area contributed by atoms with E-state index in [1.807, 2.05) is 62.4 Å². The first-order valence-corrected chi connectivity index (χ1v) is 13.1. The minimum absolute atomic E-state index is 0.0562. The van der Waals surface area contributed by atoms with Crippen molar-refractivity contribution in [1.29, 1.82) is 0 Å². The van der Waals surface area contributed by atoms with Crippen LogP contribution in [0.4, 0.5) is 5.69 Å². The number of rotatable bonds is 7. The van der Waals surface area contributed by atoms with Crippen LogP contribution < -0.4 is 10.1 Å². The lowest BCUT2D eigenvalue weighted by atomic mass is 9.76. The molecule has 3 atom stereocenters. The summed E-state index contributed by atoms with van der Waals surface area (Å²) < 4.78 is 12.3. The van der Waals surface area contributed by atoms with Crippen LogP contribution in [0.1, 0.15) is 54.5 Å². The summed E-state index contributed by atoms with van der Waals surface area (Å²) >= 11 is 12.6. The van der Waals surface area contributed by atoms with Gasteiger partial charge in [0.1, 0.15) is 5.75 Å². The van der Waals surface area contributed by atoms with E-state index >= 15 is 0 Å². The number of halogens is 2. The normalized spacial score (nSPS) is 19.8. The summed E-state index contributed by atoms with van der Waals surface area (Å²) in [4.78, 5) is 12.6. The monoisotopic (exact) mass is 525 g/mol. The van der Waals surface area contributed by atoms with Crippen molar-refractivity contribution in [3.63, 3.8) is 0 Å². The Morgan fingerprint density at radius 3 is 2.47 bits per heavy atom. The number of ether oxygens (including phenoxy) is 2. The van der Waals surface area contributed by atoms with Crippen molar-refractivity contribution in [2.24, 2.45) is 11.8 Å². The Bertz CT molecular complexity index is 1210. The molecule has 1 N–H and O–H groups in total. The van der Waals surface area contributed by atoms with Crippen molar-refractivity contribution in [2.75, 3.05) is 18.5 Å². The third-order valence-corrected chi connectivity index (χ3v) is 7.55. The number of para-hydroxylation sites is 1. The topological polar surface area (TPSA) is 47.6 Å². The van der Waals surface area contributed by atoms with Crippen molar-refractivity contribution in [3.8, 4) is 5.75 Å². The highest BCUT2D eigenvalue weighted by molar-refractivity contribution is 6.35. The second kappa shape index (κ2) is 11.7.